The third-order valence-electron chi connectivity index (χ3n) is 5.44. The highest BCUT2D eigenvalue weighted by molar-refractivity contribution is 5.84. The first kappa shape index (κ1) is 19.2. The molecule has 0 unspecified atom stereocenters. The van der Waals surface area contributed by atoms with Crippen LogP contribution in [-0.4, -0.2) is 9.97 Å². The molecule has 1 aliphatic carbocycles. The molecule has 1 aliphatic rings. The molecule has 1 aromatic carbocycles. The molecule has 0 radical (unpaired) electrons. The van der Waals surface area contributed by atoms with Crippen molar-refractivity contribution in [2.45, 2.75) is 38.3 Å². The predicted octanol–water partition coefficient (Wildman–Crippen LogP) is 3.59. The summed E-state index contributed by atoms with van der Waals surface area (Å²) in [5.41, 5.74) is -2.76. The maximum Gasteiger partial charge on any atom is 0.416 e. The van der Waals surface area contributed by atoms with E-state index < -0.39 is 28.6 Å². The van der Waals surface area contributed by atoms with Crippen molar-refractivity contribution >= 4 is 11.1 Å². The van der Waals surface area contributed by atoms with E-state index in [1.807, 2.05) is 0 Å². The largest absolute Gasteiger partial charge is 0.416 e. The highest BCUT2D eigenvalue weighted by Gasteiger charge is 2.30. The van der Waals surface area contributed by atoms with E-state index in [0.717, 1.165) is 37.8 Å². The summed E-state index contributed by atoms with van der Waals surface area (Å²) < 4.78 is 43.8. The molecule has 2 heterocycles. The van der Waals surface area contributed by atoms with Crippen molar-refractivity contribution in [3.05, 3.63) is 66.7 Å². The van der Waals surface area contributed by atoms with Gasteiger partial charge in [0, 0.05) is 0 Å². The van der Waals surface area contributed by atoms with Crippen LogP contribution in [0.25, 0.3) is 22.2 Å². The van der Waals surface area contributed by atoms with Gasteiger partial charge in [0.15, 0.2) is 0 Å². The second kappa shape index (κ2) is 7.06. The van der Waals surface area contributed by atoms with Gasteiger partial charge in [0.05, 0.1) is 11.1 Å². The van der Waals surface area contributed by atoms with Gasteiger partial charge in [-0.1, -0.05) is 31.4 Å². The van der Waals surface area contributed by atoms with Crippen molar-refractivity contribution in [1.29, 1.82) is 0 Å². The van der Waals surface area contributed by atoms with Gasteiger partial charge >= 0.3 is 17.5 Å². The van der Waals surface area contributed by atoms with E-state index in [-0.39, 0.29) is 22.2 Å². The molecule has 29 heavy (non-hydrogen) atoms. The summed E-state index contributed by atoms with van der Waals surface area (Å²) in [6.07, 6.45) is -0.161. The smallest absolute Gasteiger partial charge is 0.405 e. The minimum Gasteiger partial charge on any atom is -0.405 e. The van der Waals surface area contributed by atoms with E-state index in [1.165, 1.54) is 12.1 Å². The Morgan fingerprint density at radius 1 is 1.03 bits per heavy atom. The molecule has 4 rings (SSSR count). The Morgan fingerprint density at radius 2 is 1.72 bits per heavy atom. The zero-order valence-electron chi connectivity index (χ0n) is 15.2. The fraction of sp³-hybridized carbons (Fsp3) is 0.350. The molecule has 0 amide bonds. The minimum atomic E-state index is -4.50. The fourth-order valence-corrected chi connectivity index (χ4v) is 3.71. The van der Waals surface area contributed by atoms with E-state index >= 15 is 0 Å². The standard InChI is InChI=1S/C20H17F3N2O4/c21-20(22,23)12-7-5-11(6-8-12)14-13(9-4-10-2-1-3-10)15-16(26)24-19(28)25-17(15)29-18(14)27/h5-8,10H,1-4,9H2,(H2,24,25,26,28). The van der Waals surface area contributed by atoms with Crippen LogP contribution in [0.15, 0.2) is 43.1 Å². The second-order valence-electron chi connectivity index (χ2n) is 7.27. The Kier molecular flexibility index (Phi) is 4.68. The second-order valence-corrected chi connectivity index (χ2v) is 7.27. The molecule has 6 nitrogen and oxygen atoms in total. The van der Waals surface area contributed by atoms with Crippen LogP contribution in [-0.2, 0) is 12.6 Å². The van der Waals surface area contributed by atoms with Crippen LogP contribution in [0.3, 0.4) is 0 Å². The van der Waals surface area contributed by atoms with E-state index in [4.69, 9.17) is 4.42 Å². The summed E-state index contributed by atoms with van der Waals surface area (Å²) in [7, 11) is 0. The van der Waals surface area contributed by atoms with Crippen molar-refractivity contribution in [3.8, 4) is 11.1 Å². The molecule has 0 saturated heterocycles. The third-order valence-corrected chi connectivity index (χ3v) is 5.44. The van der Waals surface area contributed by atoms with Crippen molar-refractivity contribution in [2.75, 3.05) is 0 Å². The topological polar surface area (TPSA) is 95.9 Å². The molecule has 1 saturated carbocycles. The summed E-state index contributed by atoms with van der Waals surface area (Å²) >= 11 is 0. The molecule has 0 aliphatic heterocycles. The summed E-state index contributed by atoms with van der Waals surface area (Å²) in [6, 6.07) is 4.14. The lowest BCUT2D eigenvalue weighted by Crippen LogP contribution is -2.25. The van der Waals surface area contributed by atoms with Crippen LogP contribution in [0.1, 0.15) is 36.8 Å². The molecule has 0 bridgehead atoms. The molecule has 0 atom stereocenters. The summed E-state index contributed by atoms with van der Waals surface area (Å²) in [5, 5.41) is 0.0402. The number of H-pyrrole nitrogens is 2. The first-order valence-corrected chi connectivity index (χ1v) is 9.24. The van der Waals surface area contributed by atoms with Crippen LogP contribution >= 0.6 is 0 Å². The van der Waals surface area contributed by atoms with Gasteiger partial charge in [-0.25, -0.2) is 9.59 Å². The van der Waals surface area contributed by atoms with Crippen LogP contribution in [0, 0.1) is 5.92 Å². The number of benzene rings is 1. The zero-order valence-corrected chi connectivity index (χ0v) is 15.2. The van der Waals surface area contributed by atoms with Crippen molar-refractivity contribution in [3.63, 3.8) is 0 Å². The molecule has 152 valence electrons. The molecule has 3 aromatic rings. The average Bonchev–Trinajstić information content (AvgIpc) is 2.59. The van der Waals surface area contributed by atoms with E-state index in [1.54, 1.807) is 0 Å². The predicted molar refractivity (Wildman–Crippen MR) is 99.8 cm³/mol. The van der Waals surface area contributed by atoms with Crippen molar-refractivity contribution in [1.82, 2.24) is 9.97 Å². The number of hydrogen-bond donors (Lipinski definition) is 2. The van der Waals surface area contributed by atoms with Gasteiger partial charge in [0.25, 0.3) is 5.56 Å². The first-order chi connectivity index (χ1) is 13.7. The van der Waals surface area contributed by atoms with Crippen molar-refractivity contribution < 1.29 is 17.6 Å². The number of nitrogens with one attached hydrogen (secondary N) is 2. The lowest BCUT2D eigenvalue weighted by Gasteiger charge is -2.25. The lowest BCUT2D eigenvalue weighted by atomic mass is 9.80. The Labute approximate surface area is 161 Å². The van der Waals surface area contributed by atoms with E-state index in [9.17, 15) is 27.6 Å². The van der Waals surface area contributed by atoms with E-state index in [0.29, 0.717) is 17.9 Å². The van der Waals surface area contributed by atoms with Crippen LogP contribution < -0.4 is 16.9 Å². The molecule has 9 heteroatoms. The quantitative estimate of drug-likeness (QED) is 0.692. The van der Waals surface area contributed by atoms with Gasteiger partial charge < -0.3 is 4.42 Å². The van der Waals surface area contributed by atoms with E-state index in [2.05, 4.69) is 9.97 Å². The number of aromatic nitrogens is 2. The maximum absolute atomic E-state index is 12.9. The molecule has 1 fully saturated rings. The van der Waals surface area contributed by atoms with Gasteiger partial charge in [-0.2, -0.15) is 13.2 Å². The monoisotopic (exact) mass is 406 g/mol. The number of rotatable bonds is 4. The molecular weight excluding hydrogens is 389 g/mol. The van der Waals surface area contributed by atoms with Gasteiger partial charge in [-0.15, -0.1) is 0 Å². The van der Waals surface area contributed by atoms with Gasteiger partial charge in [-0.05, 0) is 42.0 Å². The minimum absolute atomic E-state index is 0.0402. The summed E-state index contributed by atoms with van der Waals surface area (Å²) in [4.78, 5) is 41.1. The Morgan fingerprint density at radius 3 is 2.31 bits per heavy atom. The normalized spacial score (nSPS) is 14.9. The van der Waals surface area contributed by atoms with Gasteiger partial charge in [-0.3, -0.25) is 14.8 Å². The average molecular weight is 406 g/mol. The van der Waals surface area contributed by atoms with Crippen LogP contribution in [0.2, 0.25) is 0 Å². The zero-order chi connectivity index (χ0) is 20.8. The fourth-order valence-electron chi connectivity index (χ4n) is 3.71. The number of fused-ring (bicyclic) bond motifs is 1. The van der Waals surface area contributed by atoms with Crippen LogP contribution in [0.4, 0.5) is 13.2 Å². The number of alkyl halides is 3. The Balaban J connectivity index is 1.92. The number of aryl methyl sites for hydroxylation is 1. The third kappa shape index (κ3) is 3.64. The molecule has 0 spiro atoms. The number of hydrogen-bond acceptors (Lipinski definition) is 4. The number of aromatic amines is 2. The van der Waals surface area contributed by atoms with Crippen molar-refractivity contribution in [2.24, 2.45) is 5.92 Å². The Bertz CT molecular complexity index is 1230. The molecule has 2 N–H and O–H groups in total. The number of halogens is 3. The first-order valence-electron chi connectivity index (χ1n) is 9.24. The highest BCUT2D eigenvalue weighted by Crippen LogP contribution is 2.34. The Hall–Kier alpha value is -3.10. The van der Waals surface area contributed by atoms with Gasteiger partial charge in [0.1, 0.15) is 5.39 Å². The maximum atomic E-state index is 12.9. The highest BCUT2D eigenvalue weighted by atomic mass is 19.4. The summed E-state index contributed by atoms with van der Waals surface area (Å²) in [5.74, 6) is 0.472. The summed E-state index contributed by atoms with van der Waals surface area (Å²) in [6.45, 7) is 0. The molecule has 2 aromatic heterocycles. The van der Waals surface area contributed by atoms with Crippen LogP contribution in [0.5, 0.6) is 0 Å². The van der Waals surface area contributed by atoms with Gasteiger partial charge in [0.2, 0.25) is 5.71 Å². The lowest BCUT2D eigenvalue weighted by molar-refractivity contribution is -0.137. The SMILES string of the molecule is O=c1[nH]c(=O)c2c(CCC3CCC3)c(-c3ccc(C(F)(F)F)cc3)c(=O)oc2[nH]1. The molecular formula is C20H17F3N2O4.